The molecule has 1 saturated heterocycles. The average molecular weight is 389 g/mol. The number of likely N-dealkylation sites (tertiary alicyclic amines) is 1. The van der Waals surface area contributed by atoms with Crippen LogP contribution in [-0.4, -0.2) is 35.3 Å². The van der Waals surface area contributed by atoms with Crippen LogP contribution in [0.25, 0.3) is 10.2 Å². The minimum absolute atomic E-state index is 0.00947. The topological polar surface area (TPSA) is 88.3 Å². The van der Waals surface area contributed by atoms with E-state index in [1.807, 2.05) is 17.0 Å². The van der Waals surface area contributed by atoms with Crippen LogP contribution in [0.1, 0.15) is 67.9 Å². The molecule has 0 radical (unpaired) electrons. The van der Waals surface area contributed by atoms with E-state index in [9.17, 15) is 9.59 Å². The van der Waals surface area contributed by atoms with Crippen LogP contribution >= 0.6 is 11.3 Å². The monoisotopic (exact) mass is 388 g/mol. The SMILES string of the molecule is CNC(=O)c1sc2nc([C@@H]3CCCCN3C(=O)CC(C)(C)C)ccc2c1N. The van der Waals surface area contributed by atoms with Gasteiger partial charge in [-0.2, -0.15) is 0 Å². The van der Waals surface area contributed by atoms with Crippen LogP contribution < -0.4 is 11.1 Å². The summed E-state index contributed by atoms with van der Waals surface area (Å²) in [4.78, 5) is 32.9. The first-order chi connectivity index (χ1) is 12.7. The lowest BCUT2D eigenvalue weighted by Crippen LogP contribution is -2.40. The van der Waals surface area contributed by atoms with Crippen molar-refractivity contribution in [1.29, 1.82) is 0 Å². The van der Waals surface area contributed by atoms with Gasteiger partial charge in [0.25, 0.3) is 5.91 Å². The number of nitrogens with two attached hydrogens (primary N) is 1. The quantitative estimate of drug-likeness (QED) is 0.838. The molecule has 1 aliphatic heterocycles. The molecular formula is C20H28N4O2S. The number of piperidine rings is 1. The van der Waals surface area contributed by atoms with Crippen molar-refractivity contribution in [3.05, 3.63) is 22.7 Å². The number of hydrogen-bond donors (Lipinski definition) is 2. The predicted octanol–water partition coefficient (Wildman–Crippen LogP) is 3.73. The van der Waals surface area contributed by atoms with Gasteiger partial charge in [0.15, 0.2) is 0 Å². The van der Waals surface area contributed by atoms with Crippen molar-refractivity contribution in [2.24, 2.45) is 5.41 Å². The Hall–Kier alpha value is -2.15. The van der Waals surface area contributed by atoms with Gasteiger partial charge in [-0.15, -0.1) is 11.3 Å². The summed E-state index contributed by atoms with van der Waals surface area (Å²) in [5, 5.41) is 3.41. The molecule has 2 aromatic rings. The van der Waals surface area contributed by atoms with E-state index in [1.54, 1.807) is 7.05 Å². The van der Waals surface area contributed by atoms with Crippen molar-refractivity contribution in [2.75, 3.05) is 19.3 Å². The average Bonchev–Trinajstić information content (AvgIpc) is 2.96. The van der Waals surface area contributed by atoms with Crippen LogP contribution in [0.3, 0.4) is 0 Å². The molecule has 0 unspecified atom stereocenters. The van der Waals surface area contributed by atoms with E-state index in [4.69, 9.17) is 10.7 Å². The zero-order valence-corrected chi connectivity index (χ0v) is 17.3. The molecule has 1 aliphatic rings. The third-order valence-electron chi connectivity index (χ3n) is 4.89. The minimum atomic E-state index is -0.198. The fourth-order valence-electron chi connectivity index (χ4n) is 3.57. The maximum absolute atomic E-state index is 12.9. The Kier molecular flexibility index (Phi) is 5.42. The highest BCUT2D eigenvalue weighted by molar-refractivity contribution is 7.21. The maximum Gasteiger partial charge on any atom is 0.263 e. The molecule has 0 spiro atoms. The number of rotatable bonds is 3. The first-order valence-electron chi connectivity index (χ1n) is 9.42. The van der Waals surface area contributed by atoms with E-state index < -0.39 is 0 Å². The molecule has 3 rings (SSSR count). The highest BCUT2D eigenvalue weighted by atomic mass is 32.1. The summed E-state index contributed by atoms with van der Waals surface area (Å²) >= 11 is 1.30. The van der Waals surface area contributed by atoms with Crippen molar-refractivity contribution in [3.8, 4) is 0 Å². The van der Waals surface area contributed by atoms with Crippen LogP contribution in [0.2, 0.25) is 0 Å². The number of nitrogens with one attached hydrogen (secondary N) is 1. The van der Waals surface area contributed by atoms with Crippen LogP contribution in [-0.2, 0) is 4.79 Å². The van der Waals surface area contributed by atoms with Gasteiger partial charge in [-0.3, -0.25) is 9.59 Å². The molecule has 7 heteroatoms. The number of hydrogen-bond acceptors (Lipinski definition) is 5. The molecule has 1 fully saturated rings. The number of anilines is 1. The Labute approximate surface area is 164 Å². The number of amides is 2. The Morgan fingerprint density at radius 3 is 2.74 bits per heavy atom. The highest BCUT2D eigenvalue weighted by Crippen LogP contribution is 2.37. The minimum Gasteiger partial charge on any atom is -0.397 e. The number of aromatic nitrogens is 1. The van der Waals surface area contributed by atoms with E-state index in [0.717, 1.165) is 41.7 Å². The van der Waals surface area contributed by atoms with Crippen molar-refractivity contribution < 1.29 is 9.59 Å². The van der Waals surface area contributed by atoms with Gasteiger partial charge in [0.2, 0.25) is 5.91 Å². The maximum atomic E-state index is 12.9. The molecule has 3 N–H and O–H groups in total. The van der Waals surface area contributed by atoms with Gasteiger partial charge in [0, 0.05) is 25.4 Å². The van der Waals surface area contributed by atoms with Gasteiger partial charge in [-0.25, -0.2) is 4.98 Å². The molecule has 1 atom stereocenters. The molecule has 0 aliphatic carbocycles. The molecule has 0 saturated carbocycles. The molecule has 3 heterocycles. The number of nitrogens with zero attached hydrogens (tertiary/aromatic N) is 2. The van der Waals surface area contributed by atoms with Crippen molar-refractivity contribution >= 4 is 39.1 Å². The van der Waals surface area contributed by atoms with Crippen molar-refractivity contribution in [1.82, 2.24) is 15.2 Å². The van der Waals surface area contributed by atoms with Crippen LogP contribution in [0.15, 0.2) is 12.1 Å². The zero-order valence-electron chi connectivity index (χ0n) is 16.5. The molecule has 27 heavy (non-hydrogen) atoms. The first kappa shape index (κ1) is 19.6. The molecule has 146 valence electrons. The number of fused-ring (bicyclic) bond motifs is 1. The zero-order chi connectivity index (χ0) is 19.8. The summed E-state index contributed by atoms with van der Waals surface area (Å²) in [7, 11) is 1.59. The van der Waals surface area contributed by atoms with E-state index in [1.165, 1.54) is 11.3 Å². The van der Waals surface area contributed by atoms with Crippen LogP contribution in [0, 0.1) is 5.41 Å². The van der Waals surface area contributed by atoms with E-state index >= 15 is 0 Å². The predicted molar refractivity (Wildman–Crippen MR) is 110 cm³/mol. The van der Waals surface area contributed by atoms with Gasteiger partial charge in [0.05, 0.1) is 17.4 Å². The second-order valence-electron chi connectivity index (χ2n) is 8.35. The largest absolute Gasteiger partial charge is 0.397 e. The van der Waals surface area contributed by atoms with Crippen molar-refractivity contribution in [2.45, 2.75) is 52.5 Å². The third-order valence-corrected chi connectivity index (χ3v) is 6.01. The van der Waals surface area contributed by atoms with Crippen molar-refractivity contribution in [3.63, 3.8) is 0 Å². The molecule has 6 nitrogen and oxygen atoms in total. The Morgan fingerprint density at radius 1 is 1.33 bits per heavy atom. The fourth-order valence-corrected chi connectivity index (χ4v) is 4.62. The van der Waals surface area contributed by atoms with Crippen LogP contribution in [0.5, 0.6) is 0 Å². The smallest absolute Gasteiger partial charge is 0.263 e. The number of pyridine rings is 1. The number of carbonyl (C=O) groups excluding carboxylic acids is 2. The second-order valence-corrected chi connectivity index (χ2v) is 9.35. The number of thiophene rings is 1. The van der Waals surface area contributed by atoms with E-state index in [0.29, 0.717) is 17.0 Å². The summed E-state index contributed by atoms with van der Waals surface area (Å²) in [6, 6.07) is 3.87. The number of nitrogen functional groups attached to an aromatic ring is 1. The number of carbonyl (C=O) groups is 2. The first-order valence-corrected chi connectivity index (χ1v) is 10.2. The summed E-state index contributed by atoms with van der Waals surface area (Å²) in [5.41, 5.74) is 7.45. The molecule has 0 bridgehead atoms. The van der Waals surface area contributed by atoms with Gasteiger partial charge in [-0.05, 0) is 36.8 Å². The Balaban J connectivity index is 1.94. The molecular weight excluding hydrogens is 360 g/mol. The standard InChI is InChI=1S/C20H28N4O2S/c1-20(2,3)11-15(25)24-10-6-5-7-14(24)13-9-8-12-16(21)17(18(26)22-4)27-19(12)23-13/h8-9,14H,5-7,10-11,21H2,1-4H3,(H,22,26)/t14-/m0/s1. The lowest BCUT2D eigenvalue weighted by atomic mass is 9.90. The molecule has 2 amide bonds. The fraction of sp³-hybridized carbons (Fsp3) is 0.550. The van der Waals surface area contributed by atoms with Gasteiger partial charge >= 0.3 is 0 Å². The summed E-state index contributed by atoms with van der Waals surface area (Å²) in [6.07, 6.45) is 3.55. The Bertz CT molecular complexity index is 869. The summed E-state index contributed by atoms with van der Waals surface area (Å²) in [5.74, 6) is -0.0115. The van der Waals surface area contributed by atoms with E-state index in [2.05, 4.69) is 26.1 Å². The summed E-state index contributed by atoms with van der Waals surface area (Å²) < 4.78 is 0. The molecule has 2 aromatic heterocycles. The second kappa shape index (κ2) is 7.46. The molecule has 0 aromatic carbocycles. The normalized spacial score (nSPS) is 17.9. The van der Waals surface area contributed by atoms with Crippen LogP contribution in [0.4, 0.5) is 5.69 Å². The van der Waals surface area contributed by atoms with E-state index in [-0.39, 0.29) is 23.3 Å². The Morgan fingerprint density at radius 2 is 2.07 bits per heavy atom. The van der Waals surface area contributed by atoms with Gasteiger partial charge in [0.1, 0.15) is 9.71 Å². The van der Waals surface area contributed by atoms with Gasteiger partial charge < -0.3 is 16.0 Å². The third kappa shape index (κ3) is 4.08. The van der Waals surface area contributed by atoms with Gasteiger partial charge in [-0.1, -0.05) is 20.8 Å². The lowest BCUT2D eigenvalue weighted by Gasteiger charge is -2.37. The lowest BCUT2D eigenvalue weighted by molar-refractivity contribution is -0.137. The summed E-state index contributed by atoms with van der Waals surface area (Å²) in [6.45, 7) is 7.03. The highest BCUT2D eigenvalue weighted by Gasteiger charge is 2.31.